The minimum Gasteiger partial charge on any atom is -0.456 e. The van der Waals surface area contributed by atoms with Crippen LogP contribution in [-0.4, -0.2) is 18.5 Å². The van der Waals surface area contributed by atoms with E-state index in [1.165, 1.54) is 0 Å². The second-order valence-corrected chi connectivity index (χ2v) is 6.37. The zero-order valence-corrected chi connectivity index (χ0v) is 13.1. The summed E-state index contributed by atoms with van der Waals surface area (Å²) in [4.78, 5) is 12.5. The number of carbonyl (C=O) groups excluding carboxylic acids is 1. The van der Waals surface area contributed by atoms with Crippen LogP contribution < -0.4 is 10.6 Å². The van der Waals surface area contributed by atoms with Gasteiger partial charge >= 0.3 is 0 Å². The van der Waals surface area contributed by atoms with Crippen molar-refractivity contribution < 1.29 is 9.21 Å². The molecule has 2 N–H and O–H groups in total. The van der Waals surface area contributed by atoms with Gasteiger partial charge in [0.25, 0.3) is 0 Å². The van der Waals surface area contributed by atoms with Crippen molar-refractivity contribution in [1.82, 2.24) is 5.32 Å². The molecule has 1 saturated heterocycles. The van der Waals surface area contributed by atoms with Crippen LogP contribution in [-0.2, 0) is 4.79 Å². The molecule has 0 aliphatic carbocycles. The monoisotopic (exact) mass is 308 g/mol. The second-order valence-electron chi connectivity index (χ2n) is 6.37. The number of furan rings is 1. The Morgan fingerprint density at radius 1 is 1.17 bits per heavy atom. The number of benzene rings is 2. The summed E-state index contributed by atoms with van der Waals surface area (Å²) in [6, 6.07) is 14.3. The lowest BCUT2D eigenvalue weighted by atomic mass is 9.92. The molecule has 4 nitrogen and oxygen atoms in total. The summed E-state index contributed by atoms with van der Waals surface area (Å²) in [6.45, 7) is 3.03. The van der Waals surface area contributed by atoms with E-state index in [4.69, 9.17) is 4.42 Å². The van der Waals surface area contributed by atoms with E-state index in [1.807, 2.05) is 36.4 Å². The molecule has 3 aromatic rings. The molecule has 0 unspecified atom stereocenters. The molecule has 2 heterocycles. The Bertz CT molecular complexity index is 868. The van der Waals surface area contributed by atoms with Crippen molar-refractivity contribution in [1.29, 1.82) is 0 Å². The van der Waals surface area contributed by atoms with Gasteiger partial charge in [-0.05, 0) is 44.5 Å². The van der Waals surface area contributed by atoms with E-state index in [-0.39, 0.29) is 11.8 Å². The van der Waals surface area contributed by atoms with Crippen molar-refractivity contribution in [2.45, 2.75) is 25.8 Å². The summed E-state index contributed by atoms with van der Waals surface area (Å²) in [5, 5.41) is 8.60. The standard InChI is InChI=1S/C19H20N2O2/c1-12-10-13(8-9-20-12)19(22)21-14-6-7-16-15-4-2-3-5-17(15)23-18(16)11-14/h2-7,11-13,20H,8-10H2,1H3,(H,21,22)/t12-,13-/m0/s1. The average Bonchev–Trinajstić information content (AvgIpc) is 2.92. The quantitative estimate of drug-likeness (QED) is 0.754. The smallest absolute Gasteiger partial charge is 0.227 e. The highest BCUT2D eigenvalue weighted by Gasteiger charge is 2.24. The first-order valence-electron chi connectivity index (χ1n) is 8.16. The second kappa shape index (κ2) is 5.70. The van der Waals surface area contributed by atoms with Gasteiger partial charge in [0.1, 0.15) is 11.2 Å². The molecule has 2 aromatic carbocycles. The molecule has 2 atom stereocenters. The van der Waals surface area contributed by atoms with Gasteiger partial charge in [0.05, 0.1) is 0 Å². The average molecular weight is 308 g/mol. The molecule has 1 amide bonds. The third kappa shape index (κ3) is 2.70. The van der Waals surface area contributed by atoms with E-state index in [0.29, 0.717) is 6.04 Å². The summed E-state index contributed by atoms with van der Waals surface area (Å²) < 4.78 is 5.88. The molecule has 23 heavy (non-hydrogen) atoms. The summed E-state index contributed by atoms with van der Waals surface area (Å²) in [5.41, 5.74) is 2.48. The molecule has 118 valence electrons. The van der Waals surface area contributed by atoms with E-state index in [9.17, 15) is 4.79 Å². The van der Waals surface area contributed by atoms with Gasteiger partial charge in [-0.15, -0.1) is 0 Å². The molecule has 0 saturated carbocycles. The van der Waals surface area contributed by atoms with Crippen LogP contribution in [0.15, 0.2) is 46.9 Å². The van der Waals surface area contributed by atoms with E-state index >= 15 is 0 Å². The predicted molar refractivity (Wildman–Crippen MR) is 92.5 cm³/mol. The van der Waals surface area contributed by atoms with Crippen LogP contribution in [0.4, 0.5) is 5.69 Å². The number of carbonyl (C=O) groups is 1. The van der Waals surface area contributed by atoms with Gasteiger partial charge in [0.2, 0.25) is 5.91 Å². The maximum absolute atomic E-state index is 12.5. The van der Waals surface area contributed by atoms with Crippen LogP contribution in [0.1, 0.15) is 19.8 Å². The van der Waals surface area contributed by atoms with Crippen molar-refractivity contribution >= 4 is 33.5 Å². The molecule has 4 rings (SSSR count). The van der Waals surface area contributed by atoms with Crippen LogP contribution in [0.3, 0.4) is 0 Å². The van der Waals surface area contributed by atoms with Gasteiger partial charge in [0, 0.05) is 34.5 Å². The highest BCUT2D eigenvalue weighted by molar-refractivity contribution is 6.06. The van der Waals surface area contributed by atoms with Crippen LogP contribution in [0.25, 0.3) is 21.9 Å². The molecular weight excluding hydrogens is 288 g/mol. The Balaban J connectivity index is 1.59. The fraction of sp³-hybridized carbons (Fsp3) is 0.316. The molecule has 1 aliphatic heterocycles. The fourth-order valence-electron chi connectivity index (χ4n) is 3.42. The van der Waals surface area contributed by atoms with E-state index in [0.717, 1.165) is 47.0 Å². The van der Waals surface area contributed by atoms with E-state index < -0.39 is 0 Å². The highest BCUT2D eigenvalue weighted by Crippen LogP contribution is 2.30. The van der Waals surface area contributed by atoms with Crippen molar-refractivity contribution in [3.8, 4) is 0 Å². The Morgan fingerprint density at radius 3 is 2.87 bits per heavy atom. The van der Waals surface area contributed by atoms with Gasteiger partial charge in [-0.2, -0.15) is 0 Å². The number of nitrogens with one attached hydrogen (secondary N) is 2. The Labute approximate surface area is 134 Å². The number of hydrogen-bond donors (Lipinski definition) is 2. The Morgan fingerprint density at radius 2 is 2.00 bits per heavy atom. The van der Waals surface area contributed by atoms with Gasteiger partial charge in [-0.3, -0.25) is 4.79 Å². The van der Waals surface area contributed by atoms with Crippen LogP contribution in [0, 0.1) is 5.92 Å². The topological polar surface area (TPSA) is 54.3 Å². The number of rotatable bonds is 2. The maximum atomic E-state index is 12.5. The molecule has 0 spiro atoms. The maximum Gasteiger partial charge on any atom is 0.227 e. The van der Waals surface area contributed by atoms with Crippen LogP contribution in [0.5, 0.6) is 0 Å². The summed E-state index contributed by atoms with van der Waals surface area (Å²) in [5.74, 6) is 0.187. The fourth-order valence-corrected chi connectivity index (χ4v) is 3.42. The van der Waals surface area contributed by atoms with Crippen molar-refractivity contribution in [2.75, 3.05) is 11.9 Å². The lowest BCUT2D eigenvalue weighted by Crippen LogP contribution is -2.40. The lowest BCUT2D eigenvalue weighted by Gasteiger charge is -2.27. The van der Waals surface area contributed by atoms with E-state index in [1.54, 1.807) is 0 Å². The molecule has 1 fully saturated rings. The summed E-state index contributed by atoms with van der Waals surface area (Å²) in [6.07, 6.45) is 1.78. The summed E-state index contributed by atoms with van der Waals surface area (Å²) >= 11 is 0. The number of fused-ring (bicyclic) bond motifs is 3. The number of anilines is 1. The number of amides is 1. The van der Waals surface area contributed by atoms with Gasteiger partial charge in [0.15, 0.2) is 0 Å². The molecule has 4 heteroatoms. The number of hydrogen-bond acceptors (Lipinski definition) is 3. The molecule has 0 radical (unpaired) electrons. The predicted octanol–water partition coefficient (Wildman–Crippen LogP) is 3.91. The van der Waals surface area contributed by atoms with Crippen molar-refractivity contribution in [3.63, 3.8) is 0 Å². The number of piperidine rings is 1. The van der Waals surface area contributed by atoms with Gasteiger partial charge in [-0.1, -0.05) is 18.2 Å². The zero-order chi connectivity index (χ0) is 15.8. The lowest BCUT2D eigenvalue weighted by molar-refractivity contribution is -0.120. The van der Waals surface area contributed by atoms with Crippen LogP contribution in [0.2, 0.25) is 0 Å². The van der Waals surface area contributed by atoms with Crippen molar-refractivity contribution in [2.24, 2.45) is 5.92 Å². The van der Waals surface area contributed by atoms with E-state index in [2.05, 4.69) is 23.6 Å². The SMILES string of the molecule is C[C@H]1C[C@@H](C(=O)Nc2ccc3c(c2)oc2ccccc23)CCN1. The molecule has 1 aliphatic rings. The third-order valence-corrected chi connectivity index (χ3v) is 4.64. The van der Waals surface area contributed by atoms with Crippen molar-refractivity contribution in [3.05, 3.63) is 42.5 Å². The van der Waals surface area contributed by atoms with Gasteiger partial charge in [-0.25, -0.2) is 0 Å². The van der Waals surface area contributed by atoms with Gasteiger partial charge < -0.3 is 15.1 Å². The third-order valence-electron chi connectivity index (χ3n) is 4.64. The minimum absolute atomic E-state index is 0.0811. The zero-order valence-electron chi connectivity index (χ0n) is 13.1. The Kier molecular flexibility index (Phi) is 3.54. The molecule has 0 bridgehead atoms. The normalized spacial score (nSPS) is 21.6. The first-order chi connectivity index (χ1) is 11.2. The largest absolute Gasteiger partial charge is 0.456 e. The molecule has 1 aromatic heterocycles. The minimum atomic E-state index is 0.0811. The molecular formula is C19H20N2O2. The number of para-hydroxylation sites is 1. The summed E-state index contributed by atoms with van der Waals surface area (Å²) in [7, 11) is 0. The first-order valence-corrected chi connectivity index (χ1v) is 8.16. The first kappa shape index (κ1) is 14.3. The Hall–Kier alpha value is -2.33. The van der Waals surface area contributed by atoms with Crippen LogP contribution >= 0.6 is 0 Å². The highest BCUT2D eigenvalue weighted by atomic mass is 16.3.